The molecule has 1 amide bonds. The molecule has 24 heavy (non-hydrogen) atoms. The smallest absolute Gasteiger partial charge is 0.372 e. The SMILES string of the molecule is CC(C)[C@H](Nc1nc2sccn2c1[N+](=O)[O-])C(=O)N1CCOCC1. The molecule has 0 aromatic carbocycles. The second kappa shape index (κ2) is 6.73. The molecular weight excluding hydrogens is 334 g/mol. The molecule has 2 aromatic rings. The number of rotatable bonds is 5. The van der Waals surface area contributed by atoms with Crippen molar-refractivity contribution >= 4 is 33.8 Å². The number of nitro groups is 1. The molecule has 0 aliphatic carbocycles. The van der Waals surface area contributed by atoms with Gasteiger partial charge in [0.15, 0.2) is 0 Å². The molecule has 130 valence electrons. The Balaban J connectivity index is 1.88. The van der Waals surface area contributed by atoms with Crippen LogP contribution in [0.1, 0.15) is 13.8 Å². The van der Waals surface area contributed by atoms with Crippen LogP contribution >= 0.6 is 11.3 Å². The van der Waals surface area contributed by atoms with Gasteiger partial charge in [-0.15, -0.1) is 0 Å². The Morgan fingerprint density at radius 1 is 1.46 bits per heavy atom. The highest BCUT2D eigenvalue weighted by Gasteiger charge is 2.32. The average Bonchev–Trinajstić information content (AvgIpc) is 3.12. The Kier molecular flexibility index (Phi) is 4.67. The van der Waals surface area contributed by atoms with Crippen molar-refractivity contribution in [1.82, 2.24) is 14.3 Å². The van der Waals surface area contributed by atoms with Crippen LogP contribution in [-0.2, 0) is 9.53 Å². The number of carbonyl (C=O) groups is 1. The molecule has 1 aliphatic rings. The number of imidazole rings is 1. The normalized spacial score (nSPS) is 16.5. The molecule has 0 radical (unpaired) electrons. The van der Waals surface area contributed by atoms with Gasteiger partial charge < -0.3 is 25.1 Å². The van der Waals surface area contributed by atoms with E-state index < -0.39 is 11.0 Å². The van der Waals surface area contributed by atoms with E-state index in [2.05, 4.69) is 10.3 Å². The summed E-state index contributed by atoms with van der Waals surface area (Å²) in [5.41, 5.74) is 0. The van der Waals surface area contributed by atoms with Crippen LogP contribution < -0.4 is 5.32 Å². The number of aromatic nitrogens is 2. The lowest BCUT2D eigenvalue weighted by molar-refractivity contribution is -0.389. The molecule has 1 atom stereocenters. The fourth-order valence-electron chi connectivity index (χ4n) is 2.69. The van der Waals surface area contributed by atoms with Gasteiger partial charge in [0.25, 0.3) is 4.96 Å². The van der Waals surface area contributed by atoms with Crippen molar-refractivity contribution in [1.29, 1.82) is 0 Å². The van der Waals surface area contributed by atoms with Gasteiger partial charge in [-0.05, 0) is 10.8 Å². The lowest BCUT2D eigenvalue weighted by Gasteiger charge is -2.32. The Bertz CT molecular complexity index is 750. The second-order valence-corrected chi connectivity index (χ2v) is 6.77. The molecule has 1 fully saturated rings. The fraction of sp³-hybridized carbons (Fsp3) is 0.571. The number of morpholine rings is 1. The molecule has 1 N–H and O–H groups in total. The van der Waals surface area contributed by atoms with Gasteiger partial charge in [-0.3, -0.25) is 4.79 Å². The third kappa shape index (κ3) is 3.06. The minimum Gasteiger partial charge on any atom is -0.378 e. The first-order chi connectivity index (χ1) is 11.5. The number of carbonyl (C=O) groups excluding carboxylic acids is 1. The molecule has 0 bridgehead atoms. The first-order valence-corrected chi connectivity index (χ1v) is 8.60. The van der Waals surface area contributed by atoms with E-state index in [1.165, 1.54) is 15.7 Å². The topological polar surface area (TPSA) is 102 Å². The van der Waals surface area contributed by atoms with Gasteiger partial charge in [0, 0.05) is 18.5 Å². The number of hydrogen-bond acceptors (Lipinski definition) is 7. The maximum absolute atomic E-state index is 12.8. The standard InChI is InChI=1S/C14H19N5O4S/c1-9(2)10(13(20)17-3-6-23-7-4-17)15-11-12(19(21)22)18-5-8-24-14(18)16-11/h5,8-10,15H,3-4,6-7H2,1-2H3/t10-/m0/s1. The number of amides is 1. The van der Waals surface area contributed by atoms with E-state index in [9.17, 15) is 14.9 Å². The monoisotopic (exact) mass is 353 g/mol. The number of hydrogen-bond donors (Lipinski definition) is 1. The van der Waals surface area contributed by atoms with Gasteiger partial charge in [-0.1, -0.05) is 25.2 Å². The predicted octanol–water partition coefficient (Wildman–Crippen LogP) is 1.60. The third-order valence-electron chi connectivity index (χ3n) is 3.96. The average molecular weight is 353 g/mol. The van der Waals surface area contributed by atoms with Crippen molar-refractivity contribution in [2.75, 3.05) is 31.6 Å². The van der Waals surface area contributed by atoms with Crippen molar-refractivity contribution in [2.24, 2.45) is 5.92 Å². The second-order valence-electron chi connectivity index (χ2n) is 5.90. The first-order valence-electron chi connectivity index (χ1n) is 7.72. The third-order valence-corrected chi connectivity index (χ3v) is 4.71. The van der Waals surface area contributed by atoms with Gasteiger partial charge in [-0.2, -0.15) is 9.38 Å². The summed E-state index contributed by atoms with van der Waals surface area (Å²) in [5.74, 6) is -0.141. The summed E-state index contributed by atoms with van der Waals surface area (Å²) in [6, 6.07) is -0.577. The number of thiazole rings is 1. The van der Waals surface area contributed by atoms with E-state index in [0.29, 0.717) is 31.3 Å². The quantitative estimate of drug-likeness (QED) is 0.647. The van der Waals surface area contributed by atoms with Crippen LogP contribution in [0.2, 0.25) is 0 Å². The molecular formula is C14H19N5O4S. The summed E-state index contributed by atoms with van der Waals surface area (Å²) in [6.45, 7) is 5.89. The predicted molar refractivity (Wildman–Crippen MR) is 89.4 cm³/mol. The van der Waals surface area contributed by atoms with Crippen LogP contribution in [0.15, 0.2) is 11.6 Å². The van der Waals surface area contributed by atoms with Crippen LogP contribution in [0.25, 0.3) is 4.96 Å². The van der Waals surface area contributed by atoms with E-state index in [-0.39, 0.29) is 23.5 Å². The minimum atomic E-state index is -0.577. The molecule has 10 heteroatoms. The summed E-state index contributed by atoms with van der Waals surface area (Å²) in [7, 11) is 0. The minimum absolute atomic E-state index is 0.0420. The van der Waals surface area contributed by atoms with Crippen LogP contribution in [0.3, 0.4) is 0 Å². The summed E-state index contributed by atoms with van der Waals surface area (Å²) < 4.78 is 6.69. The number of nitrogens with zero attached hydrogens (tertiary/aromatic N) is 4. The number of fused-ring (bicyclic) bond motifs is 1. The van der Waals surface area contributed by atoms with Crippen LogP contribution in [0, 0.1) is 16.0 Å². The van der Waals surface area contributed by atoms with E-state index in [1.54, 1.807) is 16.5 Å². The van der Waals surface area contributed by atoms with Crippen molar-refractivity contribution < 1.29 is 14.5 Å². The molecule has 1 saturated heterocycles. The zero-order chi connectivity index (χ0) is 17.3. The molecule has 0 unspecified atom stereocenters. The van der Waals surface area contributed by atoms with E-state index in [1.807, 2.05) is 13.8 Å². The zero-order valence-electron chi connectivity index (χ0n) is 13.5. The summed E-state index contributed by atoms with van der Waals surface area (Å²) in [5, 5.41) is 16.2. The summed E-state index contributed by atoms with van der Waals surface area (Å²) in [6.07, 6.45) is 1.60. The van der Waals surface area contributed by atoms with Gasteiger partial charge in [0.2, 0.25) is 11.7 Å². The Labute approximate surface area is 142 Å². The zero-order valence-corrected chi connectivity index (χ0v) is 14.3. The number of ether oxygens (including phenoxy) is 1. The molecule has 3 heterocycles. The van der Waals surface area contributed by atoms with Crippen molar-refractivity contribution in [3.05, 3.63) is 21.7 Å². The van der Waals surface area contributed by atoms with E-state index in [0.717, 1.165) is 0 Å². The van der Waals surface area contributed by atoms with Crippen LogP contribution in [0.4, 0.5) is 11.6 Å². The first kappa shape index (κ1) is 16.7. The largest absolute Gasteiger partial charge is 0.378 e. The maximum Gasteiger partial charge on any atom is 0.372 e. The van der Waals surface area contributed by atoms with Gasteiger partial charge >= 0.3 is 5.82 Å². The van der Waals surface area contributed by atoms with Crippen molar-refractivity contribution in [3.63, 3.8) is 0 Å². The maximum atomic E-state index is 12.8. The summed E-state index contributed by atoms with van der Waals surface area (Å²) >= 11 is 1.31. The van der Waals surface area contributed by atoms with Crippen LogP contribution in [0.5, 0.6) is 0 Å². The van der Waals surface area contributed by atoms with E-state index in [4.69, 9.17) is 4.74 Å². The highest BCUT2D eigenvalue weighted by molar-refractivity contribution is 7.15. The van der Waals surface area contributed by atoms with Crippen molar-refractivity contribution in [2.45, 2.75) is 19.9 Å². The lowest BCUT2D eigenvalue weighted by atomic mass is 10.0. The van der Waals surface area contributed by atoms with Gasteiger partial charge in [0.1, 0.15) is 12.2 Å². The number of anilines is 1. The summed E-state index contributed by atoms with van der Waals surface area (Å²) in [4.78, 5) is 30.2. The fourth-order valence-corrected chi connectivity index (χ4v) is 3.40. The number of nitrogens with one attached hydrogen (secondary N) is 1. The molecule has 0 spiro atoms. The molecule has 0 saturated carbocycles. The Morgan fingerprint density at radius 3 is 2.79 bits per heavy atom. The van der Waals surface area contributed by atoms with Crippen LogP contribution in [-0.4, -0.2) is 57.5 Å². The molecule has 3 rings (SSSR count). The highest BCUT2D eigenvalue weighted by Crippen LogP contribution is 2.29. The molecule has 2 aromatic heterocycles. The lowest BCUT2D eigenvalue weighted by Crippen LogP contribution is -2.49. The van der Waals surface area contributed by atoms with Gasteiger partial charge in [0.05, 0.1) is 13.2 Å². The molecule has 1 aliphatic heterocycles. The van der Waals surface area contributed by atoms with Gasteiger partial charge in [-0.25, -0.2) is 0 Å². The highest BCUT2D eigenvalue weighted by atomic mass is 32.1. The van der Waals surface area contributed by atoms with Crippen molar-refractivity contribution in [3.8, 4) is 0 Å². The Morgan fingerprint density at radius 2 is 2.17 bits per heavy atom. The van der Waals surface area contributed by atoms with E-state index >= 15 is 0 Å². The Hall–Kier alpha value is -2.20. The molecule has 9 nitrogen and oxygen atoms in total.